The van der Waals surface area contributed by atoms with E-state index in [-0.39, 0.29) is 11.8 Å². The Morgan fingerprint density at radius 1 is 1.35 bits per heavy atom. The average molecular weight is 356 g/mol. The molecule has 0 saturated carbocycles. The van der Waals surface area contributed by atoms with E-state index < -0.39 is 6.10 Å². The van der Waals surface area contributed by atoms with E-state index >= 15 is 0 Å². The van der Waals surface area contributed by atoms with E-state index in [0.717, 1.165) is 30.5 Å². The number of amides is 1. The summed E-state index contributed by atoms with van der Waals surface area (Å²) in [5.74, 6) is 0.918. The van der Waals surface area contributed by atoms with Crippen LogP contribution in [0.15, 0.2) is 36.7 Å². The van der Waals surface area contributed by atoms with Crippen LogP contribution in [0.5, 0.6) is 0 Å². The molecule has 0 bridgehead atoms. The van der Waals surface area contributed by atoms with E-state index in [2.05, 4.69) is 9.88 Å². The molecule has 0 aliphatic carbocycles. The van der Waals surface area contributed by atoms with Gasteiger partial charge in [0.05, 0.1) is 0 Å². The Morgan fingerprint density at radius 3 is 2.69 bits per heavy atom. The molecular formula is C20H28N4O2. The summed E-state index contributed by atoms with van der Waals surface area (Å²) in [5.41, 5.74) is 1.88. The molecule has 1 unspecified atom stereocenters. The summed E-state index contributed by atoms with van der Waals surface area (Å²) in [7, 11) is 5.93. The van der Waals surface area contributed by atoms with Gasteiger partial charge in [0, 0.05) is 44.6 Å². The van der Waals surface area contributed by atoms with Crippen molar-refractivity contribution in [2.45, 2.75) is 25.5 Å². The highest BCUT2D eigenvalue weighted by Gasteiger charge is 2.30. The van der Waals surface area contributed by atoms with Crippen LogP contribution in [0.1, 0.15) is 40.7 Å². The van der Waals surface area contributed by atoms with Crippen molar-refractivity contribution in [1.29, 1.82) is 0 Å². The van der Waals surface area contributed by atoms with Crippen molar-refractivity contribution < 1.29 is 9.90 Å². The van der Waals surface area contributed by atoms with E-state index in [1.54, 1.807) is 6.20 Å². The SMILES string of the molecule is CN(C)Cc1cccc(C(=O)N2CCC(C(O)c3nccn3C)CC2)c1. The van der Waals surface area contributed by atoms with Crippen LogP contribution in [-0.4, -0.2) is 57.5 Å². The number of rotatable bonds is 5. The van der Waals surface area contributed by atoms with Crippen molar-refractivity contribution in [1.82, 2.24) is 19.4 Å². The minimum absolute atomic E-state index is 0.0792. The van der Waals surface area contributed by atoms with E-state index in [4.69, 9.17) is 0 Å². The molecule has 6 heteroatoms. The largest absolute Gasteiger partial charge is 0.385 e. The first-order valence-corrected chi connectivity index (χ1v) is 9.14. The molecule has 1 aliphatic heterocycles. The number of aliphatic hydroxyl groups is 1. The third-order valence-electron chi connectivity index (χ3n) is 5.07. The zero-order valence-corrected chi connectivity index (χ0v) is 15.8. The number of hydrogen-bond donors (Lipinski definition) is 1. The molecule has 140 valence electrons. The minimum atomic E-state index is -0.573. The van der Waals surface area contributed by atoms with Crippen LogP contribution in [0.2, 0.25) is 0 Å². The molecule has 1 aromatic heterocycles. The lowest BCUT2D eigenvalue weighted by Crippen LogP contribution is -2.40. The van der Waals surface area contributed by atoms with Gasteiger partial charge in [-0.1, -0.05) is 12.1 Å². The molecule has 1 saturated heterocycles. The van der Waals surface area contributed by atoms with Gasteiger partial charge in [0.15, 0.2) is 0 Å². The van der Waals surface area contributed by atoms with Gasteiger partial charge in [0.1, 0.15) is 11.9 Å². The molecule has 0 radical (unpaired) electrons. The topological polar surface area (TPSA) is 61.6 Å². The molecule has 2 heterocycles. The van der Waals surface area contributed by atoms with Crippen LogP contribution >= 0.6 is 0 Å². The molecule has 0 spiro atoms. The van der Waals surface area contributed by atoms with E-state index in [1.807, 2.05) is 61.1 Å². The summed E-state index contributed by atoms with van der Waals surface area (Å²) in [6, 6.07) is 7.86. The van der Waals surface area contributed by atoms with Crippen molar-refractivity contribution >= 4 is 5.91 Å². The lowest BCUT2D eigenvalue weighted by molar-refractivity contribution is 0.0420. The number of carbonyl (C=O) groups is 1. The van der Waals surface area contributed by atoms with Crippen LogP contribution < -0.4 is 0 Å². The number of carbonyl (C=O) groups excluding carboxylic acids is 1. The van der Waals surface area contributed by atoms with Crippen LogP contribution in [-0.2, 0) is 13.6 Å². The zero-order valence-electron chi connectivity index (χ0n) is 15.8. The first-order valence-electron chi connectivity index (χ1n) is 9.14. The van der Waals surface area contributed by atoms with Gasteiger partial charge >= 0.3 is 0 Å². The van der Waals surface area contributed by atoms with E-state index in [1.165, 1.54) is 0 Å². The highest BCUT2D eigenvalue weighted by Crippen LogP contribution is 2.30. The predicted molar refractivity (Wildman–Crippen MR) is 101 cm³/mol. The fraction of sp³-hybridized carbons (Fsp3) is 0.500. The summed E-state index contributed by atoms with van der Waals surface area (Å²) >= 11 is 0. The Hall–Kier alpha value is -2.18. The molecule has 1 atom stereocenters. The molecule has 26 heavy (non-hydrogen) atoms. The summed E-state index contributed by atoms with van der Waals surface area (Å²) in [6.45, 7) is 2.16. The number of likely N-dealkylation sites (tertiary alicyclic amines) is 1. The zero-order chi connectivity index (χ0) is 18.7. The van der Waals surface area contributed by atoms with Gasteiger partial charge in [0.2, 0.25) is 0 Å². The number of imidazole rings is 1. The predicted octanol–water partition coefficient (Wildman–Crippen LogP) is 2.07. The minimum Gasteiger partial charge on any atom is -0.385 e. The molecule has 2 aromatic rings. The van der Waals surface area contributed by atoms with E-state index in [0.29, 0.717) is 18.9 Å². The van der Waals surface area contributed by atoms with E-state index in [9.17, 15) is 9.90 Å². The normalized spacial score (nSPS) is 16.9. The van der Waals surface area contributed by atoms with Gasteiger partial charge in [-0.15, -0.1) is 0 Å². The number of aryl methyl sites for hydroxylation is 1. The maximum atomic E-state index is 12.8. The van der Waals surface area contributed by atoms with Crippen molar-refractivity contribution in [2.24, 2.45) is 13.0 Å². The highest BCUT2D eigenvalue weighted by atomic mass is 16.3. The summed E-state index contributed by atoms with van der Waals surface area (Å²) < 4.78 is 1.86. The number of aromatic nitrogens is 2. The van der Waals surface area contributed by atoms with Gasteiger partial charge in [-0.2, -0.15) is 0 Å². The van der Waals surface area contributed by atoms with Crippen molar-refractivity contribution in [3.8, 4) is 0 Å². The Balaban J connectivity index is 1.61. The Morgan fingerprint density at radius 2 is 2.08 bits per heavy atom. The molecular weight excluding hydrogens is 328 g/mol. The maximum Gasteiger partial charge on any atom is 0.253 e. The second kappa shape index (κ2) is 8.01. The Kier molecular flexibility index (Phi) is 5.74. The number of benzene rings is 1. The number of nitrogens with zero attached hydrogens (tertiary/aromatic N) is 4. The fourth-order valence-corrected chi connectivity index (χ4v) is 3.64. The van der Waals surface area contributed by atoms with Crippen LogP contribution in [0.3, 0.4) is 0 Å². The highest BCUT2D eigenvalue weighted by molar-refractivity contribution is 5.94. The quantitative estimate of drug-likeness (QED) is 0.891. The molecule has 1 amide bonds. The first-order chi connectivity index (χ1) is 12.5. The Labute approximate surface area is 155 Å². The Bertz CT molecular complexity index is 748. The van der Waals surface area contributed by atoms with Gasteiger partial charge < -0.3 is 19.5 Å². The summed E-state index contributed by atoms with van der Waals surface area (Å²) in [6.07, 6.45) is 4.56. The fourth-order valence-electron chi connectivity index (χ4n) is 3.64. The molecule has 1 aromatic carbocycles. The second-order valence-electron chi connectivity index (χ2n) is 7.41. The number of aliphatic hydroxyl groups excluding tert-OH is 1. The van der Waals surface area contributed by atoms with Gasteiger partial charge in [-0.05, 0) is 50.6 Å². The van der Waals surface area contributed by atoms with Gasteiger partial charge in [-0.3, -0.25) is 4.79 Å². The number of piperidine rings is 1. The lowest BCUT2D eigenvalue weighted by atomic mass is 9.90. The van der Waals surface area contributed by atoms with Crippen LogP contribution in [0.4, 0.5) is 0 Å². The lowest BCUT2D eigenvalue weighted by Gasteiger charge is -2.34. The molecule has 3 rings (SSSR count). The second-order valence-corrected chi connectivity index (χ2v) is 7.41. The summed E-state index contributed by atoms with van der Waals surface area (Å²) in [4.78, 5) is 21.1. The molecule has 1 aliphatic rings. The molecule has 6 nitrogen and oxygen atoms in total. The monoisotopic (exact) mass is 356 g/mol. The molecule has 1 fully saturated rings. The van der Waals surface area contributed by atoms with Crippen LogP contribution in [0, 0.1) is 5.92 Å². The standard InChI is InChI=1S/C20H28N4O2/c1-22(2)14-15-5-4-6-17(13-15)20(26)24-10-7-16(8-11-24)18(25)19-21-9-12-23(19)3/h4-6,9,12-13,16,18,25H,7-8,10-11,14H2,1-3H3. The molecule has 1 N–H and O–H groups in total. The number of hydrogen-bond acceptors (Lipinski definition) is 4. The third kappa shape index (κ3) is 4.14. The van der Waals surface area contributed by atoms with Crippen molar-refractivity contribution in [2.75, 3.05) is 27.2 Å². The first kappa shape index (κ1) is 18.6. The average Bonchev–Trinajstić information content (AvgIpc) is 3.06. The smallest absolute Gasteiger partial charge is 0.253 e. The maximum absolute atomic E-state index is 12.8. The van der Waals surface area contributed by atoms with Crippen LogP contribution in [0.25, 0.3) is 0 Å². The van der Waals surface area contributed by atoms with Crippen molar-refractivity contribution in [3.63, 3.8) is 0 Å². The van der Waals surface area contributed by atoms with Gasteiger partial charge in [0.25, 0.3) is 5.91 Å². The van der Waals surface area contributed by atoms with Gasteiger partial charge in [-0.25, -0.2) is 4.98 Å². The summed E-state index contributed by atoms with van der Waals surface area (Å²) in [5, 5.41) is 10.6. The van der Waals surface area contributed by atoms with Crippen molar-refractivity contribution in [3.05, 3.63) is 53.6 Å². The third-order valence-corrected chi connectivity index (χ3v) is 5.07.